The molecule has 13 heteroatoms. The first-order valence-electron chi connectivity index (χ1n) is 9.59. The van der Waals surface area contributed by atoms with E-state index < -0.39 is 27.0 Å². The first-order valence-corrected chi connectivity index (χ1v) is 11.1. The first kappa shape index (κ1) is 23.0. The molecule has 4 rings (SSSR count). The Balaban J connectivity index is 1.49. The van der Waals surface area contributed by atoms with Crippen molar-refractivity contribution in [2.45, 2.75) is 18.2 Å². The standard InChI is InChI=1S/C21H16F3N5O4S/c1-14-25-10-11-29(14)19-12-20(27-13-26-19)32-16-8-6-15(7-9-16)28-34(30,31)18-5-3-2-4-17(18)33-21(22,23)24/h2-13,28H,1H3. The Hall–Kier alpha value is -4.13. The molecule has 2 heterocycles. The van der Waals surface area contributed by atoms with E-state index in [-0.39, 0.29) is 11.6 Å². The minimum Gasteiger partial charge on any atom is -0.439 e. The van der Waals surface area contributed by atoms with E-state index in [1.165, 1.54) is 42.7 Å². The highest BCUT2D eigenvalue weighted by Crippen LogP contribution is 2.31. The van der Waals surface area contributed by atoms with Crippen LogP contribution in [0.5, 0.6) is 17.4 Å². The minimum absolute atomic E-state index is 0.103. The Bertz CT molecular complexity index is 1410. The molecule has 2 aromatic heterocycles. The summed E-state index contributed by atoms with van der Waals surface area (Å²) in [7, 11) is -4.37. The van der Waals surface area contributed by atoms with E-state index in [2.05, 4.69) is 24.4 Å². The monoisotopic (exact) mass is 491 g/mol. The van der Waals surface area contributed by atoms with Gasteiger partial charge in [-0.2, -0.15) is 0 Å². The number of nitrogens with one attached hydrogen (secondary N) is 1. The van der Waals surface area contributed by atoms with Gasteiger partial charge in [-0.3, -0.25) is 9.29 Å². The zero-order valence-corrected chi connectivity index (χ0v) is 18.2. The molecule has 0 aliphatic rings. The average Bonchev–Trinajstić information content (AvgIpc) is 3.20. The van der Waals surface area contributed by atoms with Crippen LogP contribution in [0.1, 0.15) is 5.82 Å². The molecule has 0 spiro atoms. The first-order chi connectivity index (χ1) is 16.1. The highest BCUT2D eigenvalue weighted by atomic mass is 32.2. The second-order valence-corrected chi connectivity index (χ2v) is 8.44. The molecular weight excluding hydrogens is 475 g/mol. The lowest BCUT2D eigenvalue weighted by atomic mass is 10.3. The van der Waals surface area contributed by atoms with Crippen molar-refractivity contribution in [1.82, 2.24) is 19.5 Å². The SMILES string of the molecule is Cc1nccn1-c1cc(Oc2ccc(NS(=O)(=O)c3ccccc3OC(F)(F)F)cc2)ncn1. The number of aromatic nitrogens is 4. The van der Waals surface area contributed by atoms with Crippen LogP contribution in [0.2, 0.25) is 0 Å². The number of benzene rings is 2. The van der Waals surface area contributed by atoms with Crippen LogP contribution in [0.3, 0.4) is 0 Å². The van der Waals surface area contributed by atoms with Gasteiger partial charge in [0.1, 0.15) is 34.4 Å². The van der Waals surface area contributed by atoms with Crippen molar-refractivity contribution in [3.63, 3.8) is 0 Å². The maximum Gasteiger partial charge on any atom is 0.573 e. The molecule has 4 aromatic rings. The molecule has 0 fully saturated rings. The van der Waals surface area contributed by atoms with E-state index in [1.807, 2.05) is 6.92 Å². The smallest absolute Gasteiger partial charge is 0.439 e. The summed E-state index contributed by atoms with van der Waals surface area (Å²) in [6.45, 7) is 1.82. The third kappa shape index (κ3) is 5.43. The van der Waals surface area contributed by atoms with Crippen LogP contribution in [0.15, 0.2) is 78.2 Å². The van der Waals surface area contributed by atoms with E-state index in [0.29, 0.717) is 11.6 Å². The maximum absolute atomic E-state index is 12.6. The number of aryl methyl sites for hydroxylation is 1. The van der Waals surface area contributed by atoms with Crippen molar-refractivity contribution in [2.24, 2.45) is 0 Å². The number of imidazole rings is 1. The fraction of sp³-hybridized carbons (Fsp3) is 0.0952. The van der Waals surface area contributed by atoms with E-state index in [0.717, 1.165) is 18.0 Å². The number of ether oxygens (including phenoxy) is 2. The van der Waals surface area contributed by atoms with Gasteiger partial charge >= 0.3 is 6.36 Å². The predicted molar refractivity (Wildman–Crippen MR) is 114 cm³/mol. The number of halogens is 3. The predicted octanol–water partition coefficient (Wildman–Crippen LogP) is 4.46. The number of hydrogen-bond acceptors (Lipinski definition) is 7. The van der Waals surface area contributed by atoms with Gasteiger partial charge in [0.25, 0.3) is 10.0 Å². The number of rotatable bonds is 7. The maximum atomic E-state index is 12.6. The summed E-state index contributed by atoms with van der Waals surface area (Å²) in [5.41, 5.74) is 0.103. The van der Waals surface area contributed by atoms with Crippen molar-refractivity contribution >= 4 is 15.7 Å². The molecule has 0 aliphatic carbocycles. The molecule has 2 aromatic carbocycles. The topological polar surface area (TPSA) is 108 Å². The number of sulfonamides is 1. The third-order valence-corrected chi connectivity index (χ3v) is 5.81. The molecule has 1 N–H and O–H groups in total. The van der Waals surface area contributed by atoms with Crippen molar-refractivity contribution in [3.05, 3.63) is 79.1 Å². The van der Waals surface area contributed by atoms with Crippen molar-refractivity contribution < 1.29 is 31.1 Å². The third-order valence-electron chi connectivity index (χ3n) is 4.39. The van der Waals surface area contributed by atoms with Crippen molar-refractivity contribution in [3.8, 4) is 23.2 Å². The largest absolute Gasteiger partial charge is 0.573 e. The van der Waals surface area contributed by atoms with Gasteiger partial charge in [-0.15, -0.1) is 13.2 Å². The Kier molecular flexibility index (Phi) is 6.11. The van der Waals surface area contributed by atoms with Gasteiger partial charge in [0, 0.05) is 24.1 Å². The van der Waals surface area contributed by atoms with Crippen LogP contribution in [-0.4, -0.2) is 34.3 Å². The molecular formula is C21H16F3N5O4S. The van der Waals surface area contributed by atoms with Crippen molar-refractivity contribution in [2.75, 3.05) is 4.72 Å². The van der Waals surface area contributed by atoms with Crippen molar-refractivity contribution in [1.29, 1.82) is 0 Å². The summed E-state index contributed by atoms with van der Waals surface area (Å²) in [6.07, 6.45) is -0.346. The molecule has 0 atom stereocenters. The molecule has 34 heavy (non-hydrogen) atoms. The summed E-state index contributed by atoms with van der Waals surface area (Å²) in [6, 6.07) is 11.8. The Labute approximate surface area is 191 Å². The average molecular weight is 491 g/mol. The van der Waals surface area contributed by atoms with Gasteiger partial charge in [0.15, 0.2) is 0 Å². The molecule has 0 aliphatic heterocycles. The van der Waals surface area contributed by atoms with Crippen LogP contribution in [0, 0.1) is 6.92 Å². The van der Waals surface area contributed by atoms with Gasteiger partial charge in [0.2, 0.25) is 5.88 Å². The quantitative estimate of drug-likeness (QED) is 0.407. The number of alkyl halides is 3. The van der Waals surface area contributed by atoms with Crippen LogP contribution in [0.25, 0.3) is 5.82 Å². The molecule has 176 valence electrons. The van der Waals surface area contributed by atoms with Crippen LogP contribution < -0.4 is 14.2 Å². The number of para-hydroxylation sites is 1. The van der Waals surface area contributed by atoms with E-state index in [1.54, 1.807) is 23.0 Å². The summed E-state index contributed by atoms with van der Waals surface area (Å²) in [5, 5.41) is 0. The number of nitrogens with zero attached hydrogens (tertiary/aromatic N) is 4. The zero-order chi connectivity index (χ0) is 24.3. The van der Waals surface area contributed by atoms with Gasteiger partial charge in [-0.1, -0.05) is 12.1 Å². The van der Waals surface area contributed by atoms with Gasteiger partial charge < -0.3 is 9.47 Å². The van der Waals surface area contributed by atoms with E-state index in [4.69, 9.17) is 4.74 Å². The lowest BCUT2D eigenvalue weighted by Crippen LogP contribution is -2.20. The second kappa shape index (κ2) is 9.02. The highest BCUT2D eigenvalue weighted by Gasteiger charge is 2.34. The lowest BCUT2D eigenvalue weighted by Gasteiger charge is -2.14. The van der Waals surface area contributed by atoms with E-state index in [9.17, 15) is 21.6 Å². The lowest BCUT2D eigenvalue weighted by molar-refractivity contribution is -0.275. The normalized spacial score (nSPS) is 11.8. The van der Waals surface area contributed by atoms with E-state index >= 15 is 0 Å². The Morgan fingerprint density at radius 1 is 1.00 bits per heavy atom. The second-order valence-electron chi connectivity index (χ2n) is 6.79. The van der Waals surface area contributed by atoms with Crippen LogP contribution in [0.4, 0.5) is 18.9 Å². The van der Waals surface area contributed by atoms with Gasteiger partial charge in [-0.25, -0.2) is 23.4 Å². The molecule has 0 unspecified atom stereocenters. The summed E-state index contributed by atoms with van der Waals surface area (Å²) < 4.78 is 76.6. The van der Waals surface area contributed by atoms with Crippen LogP contribution in [-0.2, 0) is 10.0 Å². The van der Waals surface area contributed by atoms with Crippen LogP contribution >= 0.6 is 0 Å². The molecule has 0 saturated carbocycles. The zero-order valence-electron chi connectivity index (χ0n) is 17.4. The van der Waals surface area contributed by atoms with Gasteiger partial charge in [0.05, 0.1) is 0 Å². The molecule has 0 amide bonds. The minimum atomic E-state index is -5.04. The Morgan fingerprint density at radius 2 is 1.74 bits per heavy atom. The van der Waals surface area contributed by atoms with Gasteiger partial charge in [-0.05, 0) is 43.3 Å². The fourth-order valence-corrected chi connectivity index (χ4v) is 4.13. The number of hydrogen-bond donors (Lipinski definition) is 1. The summed E-state index contributed by atoms with van der Waals surface area (Å²) in [4.78, 5) is 11.7. The summed E-state index contributed by atoms with van der Waals surface area (Å²) >= 11 is 0. The molecule has 9 nitrogen and oxygen atoms in total. The summed E-state index contributed by atoms with van der Waals surface area (Å²) in [5.74, 6) is 1.02. The Morgan fingerprint density at radius 3 is 2.41 bits per heavy atom. The fourth-order valence-electron chi connectivity index (χ4n) is 2.94. The highest BCUT2D eigenvalue weighted by molar-refractivity contribution is 7.92. The molecule has 0 saturated heterocycles. The number of anilines is 1. The molecule has 0 bridgehead atoms. The molecule has 0 radical (unpaired) electrons.